The Kier molecular flexibility index (Phi) is 6.17. The molecule has 3 aromatic rings. The fourth-order valence-corrected chi connectivity index (χ4v) is 2.92. The first-order chi connectivity index (χ1) is 14.4. The molecule has 7 nitrogen and oxygen atoms in total. The molecule has 1 amide bonds. The predicted molar refractivity (Wildman–Crippen MR) is 114 cm³/mol. The third-order valence-electron chi connectivity index (χ3n) is 4.38. The van der Waals surface area contributed by atoms with Crippen LogP contribution in [0.1, 0.15) is 25.0 Å². The molecule has 0 fully saturated rings. The Balaban J connectivity index is 2.02. The molecule has 0 aliphatic rings. The number of nitrogens with zero attached hydrogens (tertiary/aromatic N) is 3. The summed E-state index contributed by atoms with van der Waals surface area (Å²) >= 11 is 0. The van der Waals surface area contributed by atoms with E-state index >= 15 is 0 Å². The second kappa shape index (κ2) is 8.95. The molecule has 0 unspecified atom stereocenters. The molecule has 0 radical (unpaired) electrons. The monoisotopic (exact) mass is 405 g/mol. The summed E-state index contributed by atoms with van der Waals surface area (Å²) < 4.78 is 14.4. The Hall–Kier alpha value is -4.07. The first kappa shape index (κ1) is 20.7. The molecule has 0 saturated carbocycles. The van der Waals surface area contributed by atoms with Gasteiger partial charge in [0.2, 0.25) is 11.7 Å². The van der Waals surface area contributed by atoms with E-state index in [-0.39, 0.29) is 17.4 Å². The molecule has 0 atom stereocenters. The number of aliphatic hydroxyl groups is 1. The number of aromatic amines is 1. The molecule has 0 saturated heterocycles. The third kappa shape index (κ3) is 4.49. The van der Waals surface area contributed by atoms with Crippen molar-refractivity contribution in [3.63, 3.8) is 0 Å². The number of aromatic nitrogens is 4. The van der Waals surface area contributed by atoms with Crippen LogP contribution in [0.4, 0.5) is 10.1 Å². The molecule has 0 aliphatic heterocycles. The lowest BCUT2D eigenvalue weighted by Gasteiger charge is -2.13. The van der Waals surface area contributed by atoms with Gasteiger partial charge >= 0.3 is 0 Å². The van der Waals surface area contributed by atoms with Crippen LogP contribution in [0, 0.1) is 5.82 Å². The van der Waals surface area contributed by atoms with Crippen LogP contribution in [0.2, 0.25) is 0 Å². The van der Waals surface area contributed by atoms with E-state index in [0.717, 1.165) is 11.1 Å². The number of benzene rings is 2. The van der Waals surface area contributed by atoms with Gasteiger partial charge in [0.25, 0.3) is 0 Å². The van der Waals surface area contributed by atoms with E-state index in [4.69, 9.17) is 0 Å². The minimum absolute atomic E-state index is 0.0353. The van der Waals surface area contributed by atoms with Crippen molar-refractivity contribution < 1.29 is 14.3 Å². The minimum atomic E-state index is -0.609. The van der Waals surface area contributed by atoms with E-state index in [1.165, 1.54) is 25.1 Å². The second-order valence-electron chi connectivity index (χ2n) is 6.48. The molecule has 3 rings (SSSR count). The van der Waals surface area contributed by atoms with Crippen molar-refractivity contribution in [2.45, 2.75) is 13.8 Å². The second-order valence-corrected chi connectivity index (χ2v) is 6.48. The Morgan fingerprint density at radius 1 is 1.20 bits per heavy atom. The van der Waals surface area contributed by atoms with Crippen molar-refractivity contribution >= 4 is 22.7 Å². The number of H-pyrrole nitrogens is 1. The van der Waals surface area contributed by atoms with Gasteiger partial charge in [-0.05, 0) is 47.0 Å². The number of amides is 1. The average molecular weight is 405 g/mol. The lowest BCUT2D eigenvalue weighted by atomic mass is 9.96. The summed E-state index contributed by atoms with van der Waals surface area (Å²) in [4.78, 5) is 11.2. The van der Waals surface area contributed by atoms with Gasteiger partial charge in [-0.2, -0.15) is 5.21 Å². The first-order valence-corrected chi connectivity index (χ1v) is 9.05. The zero-order valence-electron chi connectivity index (χ0n) is 16.5. The fraction of sp³-hybridized carbons (Fsp3) is 0.0909. The zero-order valence-corrected chi connectivity index (χ0v) is 16.5. The maximum atomic E-state index is 14.4. The smallest absolute Gasteiger partial charge is 0.221 e. The highest BCUT2D eigenvalue weighted by atomic mass is 19.1. The van der Waals surface area contributed by atoms with E-state index in [1.807, 2.05) is 24.3 Å². The fourth-order valence-electron chi connectivity index (χ4n) is 2.92. The molecule has 152 valence electrons. The molecule has 0 spiro atoms. The summed E-state index contributed by atoms with van der Waals surface area (Å²) in [5, 5.41) is 27.3. The van der Waals surface area contributed by atoms with E-state index in [1.54, 1.807) is 19.1 Å². The topological polar surface area (TPSA) is 104 Å². The summed E-state index contributed by atoms with van der Waals surface area (Å²) in [7, 11) is 0. The number of rotatable bonds is 6. The predicted octanol–water partition coefficient (Wildman–Crippen LogP) is 4.52. The van der Waals surface area contributed by atoms with Gasteiger partial charge in [-0.1, -0.05) is 43.0 Å². The van der Waals surface area contributed by atoms with Crippen LogP contribution in [0.5, 0.6) is 0 Å². The summed E-state index contributed by atoms with van der Waals surface area (Å²) in [5.41, 5.74) is 2.93. The van der Waals surface area contributed by atoms with Crippen molar-refractivity contribution in [1.29, 1.82) is 0 Å². The van der Waals surface area contributed by atoms with E-state index in [2.05, 4.69) is 32.5 Å². The SMILES string of the molecule is C=C/C=C(\C(O)=C(/C)c1cccc(-c2nn[nH]n2)c1)c1ccc(NC(C)=O)c(F)c1. The van der Waals surface area contributed by atoms with Crippen LogP contribution in [-0.2, 0) is 4.79 Å². The highest BCUT2D eigenvalue weighted by Crippen LogP contribution is 2.31. The van der Waals surface area contributed by atoms with Crippen molar-refractivity contribution in [3.8, 4) is 11.4 Å². The number of aliphatic hydroxyl groups excluding tert-OH is 1. The maximum Gasteiger partial charge on any atom is 0.221 e. The van der Waals surface area contributed by atoms with Crippen molar-refractivity contribution in [2.24, 2.45) is 0 Å². The number of nitrogens with one attached hydrogen (secondary N) is 2. The molecule has 8 heteroatoms. The van der Waals surface area contributed by atoms with Gasteiger partial charge in [0.05, 0.1) is 5.69 Å². The highest BCUT2D eigenvalue weighted by molar-refractivity contribution is 5.91. The lowest BCUT2D eigenvalue weighted by molar-refractivity contribution is -0.114. The van der Waals surface area contributed by atoms with Gasteiger partial charge in [0.15, 0.2) is 0 Å². The number of carbonyl (C=O) groups excluding carboxylic acids is 1. The van der Waals surface area contributed by atoms with Crippen LogP contribution in [0.3, 0.4) is 0 Å². The van der Waals surface area contributed by atoms with Gasteiger partial charge in [-0.15, -0.1) is 10.2 Å². The van der Waals surface area contributed by atoms with Crippen LogP contribution < -0.4 is 5.32 Å². The Morgan fingerprint density at radius 2 is 2.00 bits per heavy atom. The van der Waals surface area contributed by atoms with E-state index < -0.39 is 5.82 Å². The molecule has 1 aromatic heterocycles. The maximum absolute atomic E-state index is 14.4. The first-order valence-electron chi connectivity index (χ1n) is 9.05. The molecular weight excluding hydrogens is 385 g/mol. The molecule has 3 N–H and O–H groups in total. The summed E-state index contributed by atoms with van der Waals surface area (Å²) in [6.07, 6.45) is 3.10. The summed E-state index contributed by atoms with van der Waals surface area (Å²) in [6.45, 7) is 6.74. The molecule has 0 bridgehead atoms. The van der Waals surface area contributed by atoms with Crippen LogP contribution >= 0.6 is 0 Å². The van der Waals surface area contributed by atoms with Gasteiger partial charge in [-0.25, -0.2) is 4.39 Å². The van der Waals surface area contributed by atoms with Crippen LogP contribution in [0.15, 0.2) is 67.0 Å². The molecule has 1 heterocycles. The number of tetrazole rings is 1. The van der Waals surface area contributed by atoms with Crippen molar-refractivity contribution in [3.05, 3.63) is 83.9 Å². The number of allylic oxidation sites excluding steroid dienone is 4. The number of anilines is 1. The molecule has 2 aromatic carbocycles. The van der Waals surface area contributed by atoms with Crippen LogP contribution in [0.25, 0.3) is 22.5 Å². The Bertz CT molecular complexity index is 1150. The van der Waals surface area contributed by atoms with Gasteiger partial charge in [-0.3, -0.25) is 4.79 Å². The summed E-state index contributed by atoms with van der Waals surface area (Å²) in [6, 6.07) is 11.6. The van der Waals surface area contributed by atoms with E-state index in [9.17, 15) is 14.3 Å². The normalized spacial score (nSPS) is 12.3. The van der Waals surface area contributed by atoms with Crippen molar-refractivity contribution in [1.82, 2.24) is 20.6 Å². The standard InChI is InChI=1S/C22H20FN5O2/c1-4-6-18(16-9-10-20(19(23)12-16)24-14(3)29)21(30)13(2)15-7-5-8-17(11-15)22-25-27-28-26-22/h4-12,30H,1H2,2-3H3,(H,24,29)(H,25,26,27,28)/b18-6-,21-13-. The zero-order chi connectivity index (χ0) is 21.7. The Morgan fingerprint density at radius 3 is 2.63 bits per heavy atom. The summed E-state index contributed by atoms with van der Waals surface area (Å²) in [5.74, 6) is -0.584. The Labute approximate surface area is 172 Å². The number of carbonyl (C=O) groups is 1. The average Bonchev–Trinajstić information content (AvgIpc) is 3.27. The largest absolute Gasteiger partial charge is 0.507 e. The highest BCUT2D eigenvalue weighted by Gasteiger charge is 2.15. The molecular formula is C22H20FN5O2. The number of hydrogen-bond acceptors (Lipinski definition) is 5. The van der Waals surface area contributed by atoms with Gasteiger partial charge in [0.1, 0.15) is 11.6 Å². The van der Waals surface area contributed by atoms with Crippen molar-refractivity contribution in [2.75, 3.05) is 5.32 Å². The minimum Gasteiger partial charge on any atom is -0.507 e. The molecule has 30 heavy (non-hydrogen) atoms. The van der Waals surface area contributed by atoms with Gasteiger partial charge < -0.3 is 10.4 Å². The van der Waals surface area contributed by atoms with E-state index in [0.29, 0.717) is 22.5 Å². The lowest BCUT2D eigenvalue weighted by Crippen LogP contribution is -2.07. The van der Waals surface area contributed by atoms with Crippen LogP contribution in [-0.4, -0.2) is 31.6 Å². The third-order valence-corrected chi connectivity index (χ3v) is 4.38. The van der Waals surface area contributed by atoms with Gasteiger partial charge in [0, 0.05) is 18.1 Å². The number of halogens is 1. The quantitative estimate of drug-likeness (QED) is 0.413. The number of hydrogen-bond donors (Lipinski definition) is 3. The molecule has 0 aliphatic carbocycles.